The number of nitrogens with one attached hydrogen (secondary N) is 2. The maximum absolute atomic E-state index is 13.5. The Morgan fingerprint density at radius 3 is 2.71 bits per heavy atom. The van der Waals surface area contributed by atoms with E-state index in [4.69, 9.17) is 0 Å². The Hall–Kier alpha value is -2.60. The number of phenols is 1. The van der Waals surface area contributed by atoms with Gasteiger partial charge in [-0.3, -0.25) is 4.90 Å². The van der Waals surface area contributed by atoms with E-state index in [2.05, 4.69) is 51.7 Å². The van der Waals surface area contributed by atoms with E-state index in [1.807, 2.05) is 13.0 Å². The SMILES string of the molecule is CCNC(=NCc1ccc(O)c(F)c1)NC1CC(C)N(Cc2ccccc2)C1. The number of aliphatic imine (C=N–C) groups is 1. The molecule has 3 rings (SSSR count). The van der Waals surface area contributed by atoms with Crippen LogP contribution in [0.25, 0.3) is 0 Å². The first kappa shape index (κ1) is 20.1. The number of hydrogen-bond acceptors (Lipinski definition) is 3. The Kier molecular flexibility index (Phi) is 6.87. The fourth-order valence-corrected chi connectivity index (χ4v) is 3.57. The molecular weight excluding hydrogens is 355 g/mol. The summed E-state index contributed by atoms with van der Waals surface area (Å²) < 4.78 is 13.5. The summed E-state index contributed by atoms with van der Waals surface area (Å²) in [5, 5.41) is 16.1. The largest absolute Gasteiger partial charge is 0.505 e. The number of aromatic hydroxyl groups is 1. The van der Waals surface area contributed by atoms with Crippen LogP contribution in [0.4, 0.5) is 4.39 Å². The first-order valence-corrected chi connectivity index (χ1v) is 9.85. The molecule has 2 aromatic carbocycles. The maximum atomic E-state index is 13.5. The lowest BCUT2D eigenvalue weighted by atomic mass is 10.2. The summed E-state index contributed by atoms with van der Waals surface area (Å²) in [5.74, 6) is -0.224. The highest BCUT2D eigenvalue weighted by atomic mass is 19.1. The van der Waals surface area contributed by atoms with Crippen LogP contribution in [0.1, 0.15) is 31.4 Å². The predicted molar refractivity (Wildman–Crippen MR) is 111 cm³/mol. The molecule has 3 N–H and O–H groups in total. The minimum absolute atomic E-state index is 0.313. The second-order valence-corrected chi connectivity index (χ2v) is 7.32. The van der Waals surface area contributed by atoms with E-state index in [0.29, 0.717) is 18.6 Å². The molecule has 2 atom stereocenters. The summed E-state index contributed by atoms with van der Waals surface area (Å²) in [7, 11) is 0. The van der Waals surface area contributed by atoms with Crippen molar-refractivity contribution in [1.29, 1.82) is 0 Å². The molecule has 0 bridgehead atoms. The fraction of sp³-hybridized carbons (Fsp3) is 0.409. The molecule has 0 spiro atoms. The van der Waals surface area contributed by atoms with Gasteiger partial charge in [0.05, 0.1) is 6.54 Å². The smallest absolute Gasteiger partial charge is 0.191 e. The molecule has 1 aliphatic rings. The van der Waals surface area contributed by atoms with Crippen molar-refractivity contribution < 1.29 is 9.50 Å². The van der Waals surface area contributed by atoms with Crippen molar-refractivity contribution in [3.05, 3.63) is 65.5 Å². The fourth-order valence-electron chi connectivity index (χ4n) is 3.57. The first-order chi connectivity index (χ1) is 13.5. The van der Waals surface area contributed by atoms with Gasteiger partial charge in [0.25, 0.3) is 0 Å². The van der Waals surface area contributed by atoms with Crippen molar-refractivity contribution in [1.82, 2.24) is 15.5 Å². The minimum Gasteiger partial charge on any atom is -0.505 e. The van der Waals surface area contributed by atoms with Gasteiger partial charge in [-0.05, 0) is 43.5 Å². The second kappa shape index (κ2) is 9.55. The third kappa shape index (κ3) is 5.45. The summed E-state index contributed by atoms with van der Waals surface area (Å²) in [5.41, 5.74) is 2.04. The lowest BCUT2D eigenvalue weighted by Gasteiger charge is -2.21. The minimum atomic E-state index is -0.619. The molecule has 6 heteroatoms. The number of guanidine groups is 1. The van der Waals surface area contributed by atoms with Crippen molar-refractivity contribution in [2.75, 3.05) is 13.1 Å². The first-order valence-electron chi connectivity index (χ1n) is 9.85. The zero-order valence-corrected chi connectivity index (χ0v) is 16.5. The van der Waals surface area contributed by atoms with Gasteiger partial charge in [-0.25, -0.2) is 9.38 Å². The number of likely N-dealkylation sites (tertiary alicyclic amines) is 1. The van der Waals surface area contributed by atoms with Gasteiger partial charge in [0.1, 0.15) is 0 Å². The van der Waals surface area contributed by atoms with E-state index in [1.165, 1.54) is 17.7 Å². The van der Waals surface area contributed by atoms with Crippen LogP contribution in [0.3, 0.4) is 0 Å². The maximum Gasteiger partial charge on any atom is 0.191 e. The normalized spacial score (nSPS) is 20.3. The Morgan fingerprint density at radius 1 is 1.21 bits per heavy atom. The van der Waals surface area contributed by atoms with Crippen molar-refractivity contribution in [2.45, 2.75) is 45.4 Å². The number of benzene rings is 2. The Labute approximate surface area is 166 Å². The van der Waals surface area contributed by atoms with Crippen LogP contribution < -0.4 is 10.6 Å². The number of rotatable bonds is 6. The third-order valence-electron chi connectivity index (χ3n) is 5.05. The Balaban J connectivity index is 1.59. The number of nitrogens with zero attached hydrogens (tertiary/aromatic N) is 2. The quantitative estimate of drug-likeness (QED) is 0.529. The van der Waals surface area contributed by atoms with Crippen molar-refractivity contribution in [2.24, 2.45) is 4.99 Å². The highest BCUT2D eigenvalue weighted by molar-refractivity contribution is 5.80. The van der Waals surface area contributed by atoms with Gasteiger partial charge in [-0.1, -0.05) is 36.4 Å². The average Bonchev–Trinajstić information content (AvgIpc) is 3.02. The Morgan fingerprint density at radius 2 is 2.00 bits per heavy atom. The van der Waals surface area contributed by atoms with Crippen molar-refractivity contribution in [3.8, 4) is 5.75 Å². The highest BCUT2D eigenvalue weighted by Gasteiger charge is 2.29. The zero-order chi connectivity index (χ0) is 19.9. The summed E-state index contributed by atoms with van der Waals surface area (Å²) in [6, 6.07) is 15.7. The van der Waals surface area contributed by atoms with E-state index in [0.717, 1.165) is 37.6 Å². The Bertz CT molecular complexity index is 796. The molecule has 0 saturated carbocycles. The highest BCUT2D eigenvalue weighted by Crippen LogP contribution is 2.20. The van der Waals surface area contributed by atoms with Gasteiger partial charge in [-0.15, -0.1) is 0 Å². The molecule has 1 saturated heterocycles. The summed E-state index contributed by atoms with van der Waals surface area (Å²) >= 11 is 0. The van der Waals surface area contributed by atoms with E-state index in [9.17, 15) is 9.50 Å². The number of hydrogen-bond donors (Lipinski definition) is 3. The van der Waals surface area contributed by atoms with Crippen LogP contribution in [0.15, 0.2) is 53.5 Å². The monoisotopic (exact) mass is 384 g/mol. The van der Waals surface area contributed by atoms with E-state index < -0.39 is 5.82 Å². The molecule has 28 heavy (non-hydrogen) atoms. The molecule has 1 heterocycles. The molecule has 0 radical (unpaired) electrons. The average molecular weight is 384 g/mol. The zero-order valence-electron chi connectivity index (χ0n) is 16.5. The second-order valence-electron chi connectivity index (χ2n) is 7.32. The standard InChI is InChI=1S/C22H29FN4O/c1-3-24-22(25-13-18-9-10-21(28)20(23)12-18)26-19-11-16(2)27(15-19)14-17-7-5-4-6-8-17/h4-10,12,16,19,28H,3,11,13-15H2,1-2H3,(H2,24,25,26). The lowest BCUT2D eigenvalue weighted by Crippen LogP contribution is -2.44. The van der Waals surface area contributed by atoms with Crippen LogP contribution in [-0.4, -0.2) is 41.1 Å². The number of halogens is 1. The van der Waals surface area contributed by atoms with E-state index in [1.54, 1.807) is 6.07 Å². The summed E-state index contributed by atoms with van der Waals surface area (Å²) in [4.78, 5) is 7.06. The molecule has 5 nitrogen and oxygen atoms in total. The molecule has 1 fully saturated rings. The van der Waals surface area contributed by atoms with Crippen LogP contribution >= 0.6 is 0 Å². The lowest BCUT2D eigenvalue weighted by molar-refractivity contribution is 0.258. The molecule has 0 aliphatic carbocycles. The van der Waals surface area contributed by atoms with Crippen LogP contribution in [-0.2, 0) is 13.1 Å². The van der Waals surface area contributed by atoms with E-state index in [-0.39, 0.29) is 5.75 Å². The van der Waals surface area contributed by atoms with Gasteiger partial charge >= 0.3 is 0 Å². The molecule has 2 unspecified atom stereocenters. The molecule has 2 aromatic rings. The molecule has 1 aliphatic heterocycles. The summed E-state index contributed by atoms with van der Waals surface area (Å²) in [6.45, 7) is 7.29. The summed E-state index contributed by atoms with van der Waals surface area (Å²) in [6.07, 6.45) is 1.05. The van der Waals surface area contributed by atoms with Gasteiger partial charge in [0.2, 0.25) is 0 Å². The van der Waals surface area contributed by atoms with Gasteiger partial charge < -0.3 is 15.7 Å². The van der Waals surface area contributed by atoms with Crippen molar-refractivity contribution >= 4 is 5.96 Å². The van der Waals surface area contributed by atoms with Crippen LogP contribution in [0.2, 0.25) is 0 Å². The molecule has 150 valence electrons. The van der Waals surface area contributed by atoms with Gasteiger partial charge in [0, 0.05) is 31.7 Å². The van der Waals surface area contributed by atoms with E-state index >= 15 is 0 Å². The predicted octanol–water partition coefficient (Wildman–Crippen LogP) is 3.25. The van der Waals surface area contributed by atoms with Gasteiger partial charge in [0.15, 0.2) is 17.5 Å². The molecule has 0 amide bonds. The third-order valence-corrected chi connectivity index (χ3v) is 5.05. The topological polar surface area (TPSA) is 59.9 Å². The van der Waals surface area contributed by atoms with Crippen molar-refractivity contribution in [3.63, 3.8) is 0 Å². The van der Waals surface area contributed by atoms with Crippen LogP contribution in [0, 0.1) is 5.82 Å². The van der Waals surface area contributed by atoms with Crippen LogP contribution in [0.5, 0.6) is 5.75 Å². The number of phenolic OH excluding ortho intramolecular Hbond substituents is 1. The molecular formula is C22H29FN4O. The molecule has 0 aromatic heterocycles. The van der Waals surface area contributed by atoms with Gasteiger partial charge in [-0.2, -0.15) is 0 Å².